The average molecular weight is 671 g/mol. The minimum absolute atomic E-state index is 0.114. The average Bonchev–Trinajstić information content (AvgIpc) is 3.38. The lowest BCUT2D eigenvalue weighted by atomic mass is 9.98. The van der Waals surface area contributed by atoms with Crippen LogP contribution in [0.25, 0.3) is 22.0 Å². The van der Waals surface area contributed by atoms with Gasteiger partial charge < -0.3 is 15.1 Å². The molecule has 12 nitrogen and oxygen atoms in total. The van der Waals surface area contributed by atoms with Crippen molar-refractivity contribution in [3.8, 4) is 17.2 Å². The van der Waals surface area contributed by atoms with E-state index in [1.54, 1.807) is 42.4 Å². The fourth-order valence-electron chi connectivity index (χ4n) is 6.60. The Morgan fingerprint density at radius 1 is 1.13 bits per heavy atom. The molecule has 6 rings (SSSR count). The van der Waals surface area contributed by atoms with Crippen LogP contribution in [-0.2, 0) is 16.1 Å². The lowest BCUT2D eigenvalue weighted by Gasteiger charge is -2.27. The van der Waals surface area contributed by atoms with E-state index in [1.807, 2.05) is 27.1 Å². The van der Waals surface area contributed by atoms with Crippen LogP contribution in [-0.4, -0.2) is 84.9 Å². The molecule has 1 saturated heterocycles. The number of halogens is 1. The number of aromatic nitrogens is 5. The van der Waals surface area contributed by atoms with Gasteiger partial charge >= 0.3 is 0 Å². The van der Waals surface area contributed by atoms with Crippen LogP contribution in [0.15, 0.2) is 41.3 Å². The number of carbonyl (C=O) groups excluding carboxylic acids is 3. The third-order valence-electron chi connectivity index (χ3n) is 8.64. The highest BCUT2D eigenvalue weighted by Gasteiger charge is 2.67. The van der Waals surface area contributed by atoms with Crippen LogP contribution in [0, 0.1) is 30.6 Å². The number of nitrogens with zero attached hydrogens (tertiary/aromatic N) is 8. The van der Waals surface area contributed by atoms with Crippen LogP contribution in [0.3, 0.4) is 0 Å². The summed E-state index contributed by atoms with van der Waals surface area (Å²) >= 11 is 3.36. The summed E-state index contributed by atoms with van der Waals surface area (Å²) in [7, 11) is 3.97. The number of hydrogen-bond donors (Lipinski definition) is 1. The minimum atomic E-state index is -0.714. The maximum Gasteiger partial charge on any atom is 0.248 e. The second-order valence-electron chi connectivity index (χ2n) is 12.2. The predicted octanol–water partition coefficient (Wildman–Crippen LogP) is 3.90. The maximum absolute atomic E-state index is 14.2. The molecule has 230 valence electrons. The molecule has 2 fully saturated rings. The van der Waals surface area contributed by atoms with Crippen molar-refractivity contribution >= 4 is 50.2 Å². The van der Waals surface area contributed by atoms with Crippen LogP contribution >= 0.6 is 15.9 Å². The first-order valence-corrected chi connectivity index (χ1v) is 15.3. The Labute approximate surface area is 268 Å². The molecule has 45 heavy (non-hydrogen) atoms. The molecule has 4 aromatic rings. The van der Waals surface area contributed by atoms with Crippen LogP contribution in [0.5, 0.6) is 0 Å². The smallest absolute Gasteiger partial charge is 0.248 e. The normalized spacial score (nSPS) is 20.3. The Hall–Kier alpha value is -4.54. The molecule has 1 N–H and O–H groups in total. The van der Waals surface area contributed by atoms with E-state index in [-0.39, 0.29) is 46.9 Å². The summed E-state index contributed by atoms with van der Waals surface area (Å²) in [5.41, 5.74) is 2.76. The van der Waals surface area contributed by atoms with Crippen molar-refractivity contribution in [1.29, 1.82) is 5.26 Å². The lowest BCUT2D eigenvalue weighted by molar-refractivity contribution is -0.138. The summed E-state index contributed by atoms with van der Waals surface area (Å²) in [6, 6.07) is 8.51. The van der Waals surface area contributed by atoms with Crippen molar-refractivity contribution in [2.24, 2.45) is 5.41 Å². The molecule has 2 amide bonds. The van der Waals surface area contributed by atoms with Crippen molar-refractivity contribution in [2.75, 3.05) is 26.0 Å². The number of likely N-dealkylation sites (tertiary alicyclic amines) is 1. The second kappa shape index (κ2) is 11.4. The van der Waals surface area contributed by atoms with E-state index in [0.717, 1.165) is 18.5 Å². The zero-order valence-electron chi connectivity index (χ0n) is 25.6. The van der Waals surface area contributed by atoms with Gasteiger partial charge in [0, 0.05) is 48.3 Å². The Morgan fingerprint density at radius 2 is 1.87 bits per heavy atom. The maximum atomic E-state index is 14.2. The van der Waals surface area contributed by atoms with Crippen molar-refractivity contribution in [3.05, 3.63) is 63.9 Å². The standard InChI is InChI=1S/C32H32BrN9O3/c1-17-6-7-26(33)37-30(17)38-31(45)24-10-32(16-40(4)5)11-25(32)42(24)27(44)15-41-29-21(12-34)8-20(22-13-35-19(3)36-14-22)9-23(29)28(39-41)18(2)43/h6-9,13-14,24-25H,10-11,15-16H2,1-5H3,(H,37,38,45)/t24-,25+,32-/m0/s1. The number of aryl methyl sites for hydroxylation is 2. The van der Waals surface area contributed by atoms with Crippen LogP contribution in [0.2, 0.25) is 0 Å². The first-order valence-electron chi connectivity index (χ1n) is 14.6. The first kappa shape index (κ1) is 30.5. The lowest BCUT2D eigenvalue weighted by Crippen LogP contribution is -2.47. The van der Waals surface area contributed by atoms with E-state index >= 15 is 0 Å². The van der Waals surface area contributed by atoms with Gasteiger partial charge in [0.2, 0.25) is 11.8 Å². The fourth-order valence-corrected chi connectivity index (χ4v) is 6.91. The van der Waals surface area contributed by atoms with E-state index < -0.39 is 6.04 Å². The van der Waals surface area contributed by atoms with E-state index in [4.69, 9.17) is 0 Å². The van der Waals surface area contributed by atoms with Gasteiger partial charge in [0.15, 0.2) is 5.78 Å². The quantitative estimate of drug-likeness (QED) is 0.218. The third-order valence-corrected chi connectivity index (χ3v) is 9.08. The number of pyridine rings is 1. The van der Waals surface area contributed by atoms with Gasteiger partial charge in [-0.15, -0.1) is 0 Å². The monoisotopic (exact) mass is 669 g/mol. The van der Waals surface area contributed by atoms with Crippen LogP contribution in [0.4, 0.5) is 5.82 Å². The Morgan fingerprint density at radius 3 is 2.53 bits per heavy atom. The Balaban J connectivity index is 1.36. The van der Waals surface area contributed by atoms with Gasteiger partial charge in [0.05, 0.1) is 11.1 Å². The summed E-state index contributed by atoms with van der Waals surface area (Å²) in [6.07, 6.45) is 4.63. The molecule has 0 radical (unpaired) electrons. The van der Waals surface area contributed by atoms with Crippen molar-refractivity contribution in [2.45, 2.75) is 52.2 Å². The summed E-state index contributed by atoms with van der Waals surface area (Å²) in [5, 5.41) is 18.1. The molecule has 2 aliphatic rings. The molecule has 3 atom stereocenters. The second-order valence-corrected chi connectivity index (χ2v) is 13.1. The van der Waals surface area contributed by atoms with Gasteiger partial charge in [-0.05, 0) is 86.0 Å². The van der Waals surface area contributed by atoms with Gasteiger partial charge in [-0.2, -0.15) is 10.4 Å². The minimum Gasteiger partial charge on any atom is -0.325 e. The van der Waals surface area contributed by atoms with Crippen LogP contribution < -0.4 is 5.32 Å². The van der Waals surface area contributed by atoms with Crippen molar-refractivity contribution in [1.82, 2.24) is 34.5 Å². The molecule has 0 unspecified atom stereocenters. The molecule has 3 aromatic heterocycles. The highest BCUT2D eigenvalue weighted by molar-refractivity contribution is 9.10. The van der Waals surface area contributed by atoms with Gasteiger partial charge in [-0.1, -0.05) is 6.07 Å². The van der Waals surface area contributed by atoms with Gasteiger partial charge in [-0.3, -0.25) is 19.1 Å². The molecule has 1 aromatic carbocycles. The van der Waals surface area contributed by atoms with E-state index in [1.165, 1.54) is 11.6 Å². The molecular formula is C32H32BrN9O3. The molecular weight excluding hydrogens is 638 g/mol. The summed E-state index contributed by atoms with van der Waals surface area (Å²) in [4.78, 5) is 57.3. The number of nitrogens with one attached hydrogen (secondary N) is 1. The highest BCUT2D eigenvalue weighted by Crippen LogP contribution is 2.60. The van der Waals surface area contributed by atoms with Gasteiger partial charge in [0.25, 0.3) is 0 Å². The molecule has 1 aliphatic heterocycles. The first-order chi connectivity index (χ1) is 21.4. The molecule has 13 heteroatoms. The summed E-state index contributed by atoms with van der Waals surface area (Å²) in [6.45, 7) is 5.54. The van der Waals surface area contributed by atoms with Crippen molar-refractivity contribution < 1.29 is 14.4 Å². The third kappa shape index (κ3) is 5.60. The topological polar surface area (TPSA) is 150 Å². The molecule has 1 aliphatic carbocycles. The van der Waals surface area contributed by atoms with Crippen molar-refractivity contribution in [3.63, 3.8) is 0 Å². The SMILES string of the molecule is CC(=O)c1nn(CC(=O)N2[C@H](C(=O)Nc3nc(Br)ccc3C)C[C@@]3(CN(C)C)C[C@@H]23)c2c(C#N)cc(-c3cnc(C)nc3)cc12. The number of ketones is 1. The number of carbonyl (C=O) groups is 3. The number of nitriles is 1. The molecule has 4 heterocycles. The zero-order valence-corrected chi connectivity index (χ0v) is 27.2. The Bertz CT molecular complexity index is 1910. The van der Waals surface area contributed by atoms with Crippen LogP contribution in [0.1, 0.15) is 47.2 Å². The largest absolute Gasteiger partial charge is 0.325 e. The zero-order chi connectivity index (χ0) is 32.2. The number of piperidine rings is 1. The number of rotatable bonds is 8. The van der Waals surface area contributed by atoms with E-state index in [9.17, 15) is 19.6 Å². The predicted molar refractivity (Wildman–Crippen MR) is 170 cm³/mol. The molecule has 0 bridgehead atoms. The number of hydrogen-bond acceptors (Lipinski definition) is 9. The molecule has 1 saturated carbocycles. The van der Waals surface area contributed by atoms with Gasteiger partial charge in [-0.25, -0.2) is 15.0 Å². The summed E-state index contributed by atoms with van der Waals surface area (Å²) in [5.74, 6) is 0.131. The van der Waals surface area contributed by atoms with E-state index in [0.29, 0.717) is 44.7 Å². The highest BCUT2D eigenvalue weighted by atomic mass is 79.9. The number of benzene rings is 1. The van der Waals surface area contributed by atoms with Gasteiger partial charge in [0.1, 0.15) is 40.6 Å². The summed E-state index contributed by atoms with van der Waals surface area (Å²) < 4.78 is 2.01. The van der Waals surface area contributed by atoms with E-state index in [2.05, 4.69) is 52.3 Å². The number of amides is 2. The molecule has 0 spiro atoms. The number of Topliss-reactive ketones (excluding diaryl/α,β-unsaturated/α-hetero) is 1. The number of fused-ring (bicyclic) bond motifs is 2. The Kier molecular flexibility index (Phi) is 7.74. The fraction of sp³-hybridized carbons (Fsp3) is 0.375. The number of anilines is 1.